The van der Waals surface area contributed by atoms with E-state index in [2.05, 4.69) is 19.1 Å². The Bertz CT molecular complexity index is 906. The van der Waals surface area contributed by atoms with Crippen LogP contribution < -0.4 is 0 Å². The number of benzene rings is 3. The number of non-ortho nitro benzene ring substituents is 1. The Labute approximate surface area is 159 Å². The van der Waals surface area contributed by atoms with Crippen molar-refractivity contribution in [2.45, 2.75) is 37.5 Å². The Morgan fingerprint density at radius 3 is 2.00 bits per heavy atom. The fourth-order valence-corrected chi connectivity index (χ4v) is 3.62. The number of hydrogen-bond donors (Lipinski definition) is 0. The third-order valence-electron chi connectivity index (χ3n) is 3.92. The van der Waals surface area contributed by atoms with Gasteiger partial charge in [0.15, 0.2) is 0 Å². The van der Waals surface area contributed by atoms with E-state index < -0.39 is 0 Å². The third kappa shape index (κ3) is 4.52. The molecule has 0 aliphatic rings. The van der Waals surface area contributed by atoms with Gasteiger partial charge in [0, 0.05) is 27.5 Å². The molecular weight excluding hydrogens is 342 g/mol. The number of nitro groups is 1. The number of hydrogen-bond acceptors (Lipinski definition) is 3. The maximum absolute atomic E-state index is 11.2. The number of nitro benzene ring substituents is 1. The van der Waals surface area contributed by atoms with Crippen LogP contribution in [0.5, 0.6) is 0 Å². The Morgan fingerprint density at radius 2 is 1.38 bits per heavy atom. The zero-order valence-electron chi connectivity index (χ0n) is 15.5. The van der Waals surface area contributed by atoms with Crippen LogP contribution in [0.3, 0.4) is 0 Å². The first-order chi connectivity index (χ1) is 12.6. The molecule has 0 spiro atoms. The summed E-state index contributed by atoms with van der Waals surface area (Å²) in [5.74, 6) is 0. The zero-order valence-corrected chi connectivity index (χ0v) is 16.3. The van der Waals surface area contributed by atoms with Gasteiger partial charge in [-0.2, -0.15) is 0 Å². The van der Waals surface area contributed by atoms with Gasteiger partial charge >= 0.3 is 0 Å². The number of aryl methyl sites for hydroxylation is 2. The summed E-state index contributed by atoms with van der Waals surface area (Å²) < 4.78 is 0. The van der Waals surface area contributed by atoms with Gasteiger partial charge in [-0.1, -0.05) is 68.1 Å². The SMILES string of the molecule is CC.Cc1ccccc1Sc1ccc([N+](=O)[O-])cc1-c1ccccc1C. The van der Waals surface area contributed by atoms with Crippen LogP contribution in [-0.2, 0) is 0 Å². The third-order valence-corrected chi connectivity index (χ3v) is 5.18. The molecule has 3 aromatic rings. The Morgan fingerprint density at radius 1 is 0.769 bits per heavy atom. The van der Waals surface area contributed by atoms with Crippen molar-refractivity contribution in [1.82, 2.24) is 0 Å². The first-order valence-electron chi connectivity index (χ1n) is 8.64. The van der Waals surface area contributed by atoms with E-state index in [9.17, 15) is 10.1 Å². The fourth-order valence-electron chi connectivity index (χ4n) is 2.60. The summed E-state index contributed by atoms with van der Waals surface area (Å²) >= 11 is 1.64. The molecule has 0 heterocycles. The van der Waals surface area contributed by atoms with Gasteiger partial charge in [-0.25, -0.2) is 0 Å². The zero-order chi connectivity index (χ0) is 19.1. The van der Waals surface area contributed by atoms with E-state index in [4.69, 9.17) is 0 Å². The maximum atomic E-state index is 11.2. The van der Waals surface area contributed by atoms with E-state index in [1.165, 1.54) is 5.56 Å². The van der Waals surface area contributed by atoms with Gasteiger partial charge in [0.05, 0.1) is 4.92 Å². The minimum absolute atomic E-state index is 0.113. The second kappa shape index (κ2) is 9.20. The summed E-state index contributed by atoms with van der Waals surface area (Å²) in [4.78, 5) is 13.0. The molecule has 0 radical (unpaired) electrons. The maximum Gasteiger partial charge on any atom is 0.270 e. The van der Waals surface area contributed by atoms with Crippen LogP contribution in [0.25, 0.3) is 11.1 Å². The second-order valence-corrected chi connectivity index (χ2v) is 6.70. The van der Waals surface area contributed by atoms with Crippen LogP contribution in [0.2, 0.25) is 0 Å². The Hall–Kier alpha value is -2.59. The molecule has 0 amide bonds. The normalized spacial score (nSPS) is 10.0. The fraction of sp³-hybridized carbons (Fsp3) is 0.182. The van der Waals surface area contributed by atoms with E-state index >= 15 is 0 Å². The molecular formula is C22H23NO2S. The van der Waals surface area contributed by atoms with Crippen LogP contribution in [0.15, 0.2) is 76.5 Å². The molecule has 0 bridgehead atoms. The molecule has 26 heavy (non-hydrogen) atoms. The molecule has 0 unspecified atom stereocenters. The summed E-state index contributed by atoms with van der Waals surface area (Å²) in [5.41, 5.74) is 4.33. The lowest BCUT2D eigenvalue weighted by molar-refractivity contribution is -0.384. The van der Waals surface area contributed by atoms with Gasteiger partial charge in [0.2, 0.25) is 0 Å². The molecule has 3 nitrogen and oxygen atoms in total. The van der Waals surface area contributed by atoms with Gasteiger partial charge in [0.25, 0.3) is 5.69 Å². The minimum Gasteiger partial charge on any atom is -0.258 e. The smallest absolute Gasteiger partial charge is 0.258 e. The minimum atomic E-state index is -0.343. The predicted molar refractivity (Wildman–Crippen MR) is 110 cm³/mol. The van der Waals surface area contributed by atoms with Crippen molar-refractivity contribution in [1.29, 1.82) is 0 Å². The largest absolute Gasteiger partial charge is 0.270 e. The second-order valence-electron chi connectivity index (χ2n) is 5.62. The molecule has 0 aliphatic carbocycles. The standard InChI is InChI=1S/C20H17NO2S.C2H6/c1-14-7-3-5-9-17(14)18-13-16(21(22)23)11-12-20(18)24-19-10-6-4-8-15(19)2;1-2/h3-13H,1-2H3;1-2H3. The van der Waals surface area contributed by atoms with Gasteiger partial charge < -0.3 is 0 Å². The molecule has 0 atom stereocenters. The monoisotopic (exact) mass is 365 g/mol. The predicted octanol–water partition coefficient (Wildman–Crippen LogP) is 7.06. The Balaban J connectivity index is 0.00000117. The molecule has 0 saturated carbocycles. The van der Waals surface area contributed by atoms with Crippen LogP contribution in [0.4, 0.5) is 5.69 Å². The highest BCUT2D eigenvalue weighted by Crippen LogP contribution is 2.40. The lowest BCUT2D eigenvalue weighted by Crippen LogP contribution is -1.92. The molecule has 0 fully saturated rings. The highest BCUT2D eigenvalue weighted by atomic mass is 32.2. The van der Waals surface area contributed by atoms with Crippen molar-refractivity contribution in [2.75, 3.05) is 0 Å². The van der Waals surface area contributed by atoms with Crippen LogP contribution in [0.1, 0.15) is 25.0 Å². The summed E-state index contributed by atoms with van der Waals surface area (Å²) in [6.07, 6.45) is 0. The molecule has 134 valence electrons. The lowest BCUT2D eigenvalue weighted by atomic mass is 10.0. The first kappa shape index (κ1) is 19.7. The Kier molecular flexibility index (Phi) is 6.98. The van der Waals surface area contributed by atoms with E-state index in [1.54, 1.807) is 23.9 Å². The van der Waals surface area contributed by atoms with Crippen molar-refractivity contribution in [3.05, 3.63) is 88.0 Å². The van der Waals surface area contributed by atoms with Gasteiger partial charge in [-0.05, 0) is 42.7 Å². The van der Waals surface area contributed by atoms with E-state index in [1.807, 2.05) is 63.2 Å². The van der Waals surface area contributed by atoms with Crippen molar-refractivity contribution in [2.24, 2.45) is 0 Å². The van der Waals surface area contributed by atoms with E-state index in [0.717, 1.165) is 26.5 Å². The molecule has 0 aromatic heterocycles. The van der Waals surface area contributed by atoms with Gasteiger partial charge in [-0.15, -0.1) is 0 Å². The molecule has 4 heteroatoms. The molecule has 0 N–H and O–H groups in total. The summed E-state index contributed by atoms with van der Waals surface area (Å²) in [6.45, 7) is 8.09. The van der Waals surface area contributed by atoms with E-state index in [-0.39, 0.29) is 10.6 Å². The summed E-state index contributed by atoms with van der Waals surface area (Å²) in [5, 5.41) is 11.2. The summed E-state index contributed by atoms with van der Waals surface area (Å²) in [7, 11) is 0. The van der Waals surface area contributed by atoms with E-state index in [0.29, 0.717) is 0 Å². The first-order valence-corrected chi connectivity index (χ1v) is 9.46. The van der Waals surface area contributed by atoms with Crippen molar-refractivity contribution in [3.63, 3.8) is 0 Å². The van der Waals surface area contributed by atoms with Crippen molar-refractivity contribution in [3.8, 4) is 11.1 Å². The van der Waals surface area contributed by atoms with Crippen LogP contribution in [0, 0.1) is 24.0 Å². The topological polar surface area (TPSA) is 43.1 Å². The average molecular weight is 365 g/mol. The van der Waals surface area contributed by atoms with Crippen LogP contribution >= 0.6 is 11.8 Å². The summed E-state index contributed by atoms with van der Waals surface area (Å²) in [6, 6.07) is 21.2. The number of nitrogens with zero attached hydrogens (tertiary/aromatic N) is 1. The van der Waals surface area contributed by atoms with Crippen LogP contribution in [-0.4, -0.2) is 4.92 Å². The highest BCUT2D eigenvalue weighted by Gasteiger charge is 2.15. The lowest BCUT2D eigenvalue weighted by Gasteiger charge is -2.13. The highest BCUT2D eigenvalue weighted by molar-refractivity contribution is 7.99. The van der Waals surface area contributed by atoms with Crippen molar-refractivity contribution < 1.29 is 4.92 Å². The quantitative estimate of drug-likeness (QED) is 0.367. The number of rotatable bonds is 4. The van der Waals surface area contributed by atoms with Gasteiger partial charge in [0.1, 0.15) is 0 Å². The molecule has 0 saturated heterocycles. The van der Waals surface area contributed by atoms with Crippen molar-refractivity contribution >= 4 is 17.4 Å². The molecule has 0 aliphatic heterocycles. The average Bonchev–Trinajstić information content (AvgIpc) is 2.66. The molecule has 3 aromatic carbocycles. The van der Waals surface area contributed by atoms with Gasteiger partial charge in [-0.3, -0.25) is 10.1 Å². The molecule has 3 rings (SSSR count).